The minimum atomic E-state index is -0.304. The van der Waals surface area contributed by atoms with E-state index in [1.165, 1.54) is 11.1 Å². The van der Waals surface area contributed by atoms with Crippen LogP contribution in [0.15, 0.2) is 24.3 Å². The third-order valence-corrected chi connectivity index (χ3v) is 3.12. The molecular weight excluding hydrogens is 254 g/mol. The first-order chi connectivity index (χ1) is 7.15. The number of hydrogen-bond acceptors (Lipinski definition) is 1. The zero-order chi connectivity index (χ0) is 11.3. The Balaban J connectivity index is 2.79. The van der Waals surface area contributed by atoms with Crippen LogP contribution in [0.4, 0.5) is 0 Å². The van der Waals surface area contributed by atoms with Crippen molar-refractivity contribution in [1.82, 2.24) is 0 Å². The Bertz CT molecular complexity index is 338. The minimum Gasteiger partial charge on any atom is -0.369 e. The third kappa shape index (κ3) is 3.67. The molecule has 2 N–H and O–H groups in total. The largest absolute Gasteiger partial charge is 0.369 e. The third-order valence-electron chi connectivity index (χ3n) is 2.35. The Kier molecular flexibility index (Phi) is 4.82. The van der Waals surface area contributed by atoms with Crippen LogP contribution in [0, 0.1) is 0 Å². The molecule has 3 heteroatoms. The first-order valence-electron chi connectivity index (χ1n) is 5.15. The number of primary amides is 1. The number of benzene rings is 1. The molecule has 0 aromatic heterocycles. The van der Waals surface area contributed by atoms with Crippen molar-refractivity contribution in [2.45, 2.75) is 31.0 Å². The van der Waals surface area contributed by atoms with Crippen molar-refractivity contribution < 1.29 is 4.79 Å². The lowest BCUT2D eigenvalue weighted by Crippen LogP contribution is -2.25. The molecule has 0 aliphatic rings. The Labute approximate surface area is 99.0 Å². The second-order valence-corrected chi connectivity index (χ2v) is 4.70. The molecule has 1 amide bonds. The molecule has 0 heterocycles. The van der Waals surface area contributed by atoms with Crippen molar-refractivity contribution in [2.24, 2.45) is 5.73 Å². The Morgan fingerprint density at radius 2 is 2.00 bits per heavy atom. The number of halogens is 1. The standard InChI is InChI=1S/C12H16BrNO/c1-2-5-9-6-3-4-7-10(9)8-11(13)12(14)15/h3-4,6-7,11H,2,5,8H2,1H3,(H2,14,15). The summed E-state index contributed by atoms with van der Waals surface area (Å²) in [5, 5.41) is 0. The topological polar surface area (TPSA) is 43.1 Å². The number of hydrogen-bond donors (Lipinski definition) is 1. The van der Waals surface area contributed by atoms with Crippen LogP contribution in [-0.4, -0.2) is 10.7 Å². The summed E-state index contributed by atoms with van der Waals surface area (Å²) in [4.78, 5) is 10.7. The van der Waals surface area contributed by atoms with Crippen LogP contribution in [0.1, 0.15) is 24.5 Å². The fraction of sp³-hybridized carbons (Fsp3) is 0.417. The predicted molar refractivity (Wildman–Crippen MR) is 66.1 cm³/mol. The van der Waals surface area contributed by atoms with E-state index in [4.69, 9.17) is 5.73 Å². The average molecular weight is 270 g/mol. The van der Waals surface area contributed by atoms with E-state index in [1.807, 2.05) is 12.1 Å². The zero-order valence-electron chi connectivity index (χ0n) is 8.87. The molecule has 1 atom stereocenters. The van der Waals surface area contributed by atoms with Gasteiger partial charge in [-0.3, -0.25) is 4.79 Å². The zero-order valence-corrected chi connectivity index (χ0v) is 10.5. The Hall–Kier alpha value is -0.830. The van der Waals surface area contributed by atoms with E-state index >= 15 is 0 Å². The van der Waals surface area contributed by atoms with Gasteiger partial charge in [-0.1, -0.05) is 53.5 Å². The molecule has 0 aliphatic carbocycles. The molecule has 0 fully saturated rings. The highest BCUT2D eigenvalue weighted by Crippen LogP contribution is 2.16. The highest BCUT2D eigenvalue weighted by atomic mass is 79.9. The molecule has 0 saturated carbocycles. The van der Waals surface area contributed by atoms with Gasteiger partial charge >= 0.3 is 0 Å². The van der Waals surface area contributed by atoms with Crippen molar-refractivity contribution in [3.05, 3.63) is 35.4 Å². The fourth-order valence-corrected chi connectivity index (χ4v) is 1.91. The van der Waals surface area contributed by atoms with Crippen molar-refractivity contribution >= 4 is 21.8 Å². The van der Waals surface area contributed by atoms with E-state index in [1.54, 1.807) is 0 Å². The quantitative estimate of drug-likeness (QED) is 0.820. The van der Waals surface area contributed by atoms with Gasteiger partial charge in [-0.05, 0) is 24.0 Å². The molecule has 0 radical (unpaired) electrons. The van der Waals surface area contributed by atoms with Crippen molar-refractivity contribution in [2.75, 3.05) is 0 Å². The van der Waals surface area contributed by atoms with E-state index in [9.17, 15) is 4.79 Å². The molecule has 0 spiro atoms. The maximum Gasteiger partial charge on any atom is 0.231 e. The number of carbonyl (C=O) groups is 1. The summed E-state index contributed by atoms with van der Waals surface area (Å²) < 4.78 is 0. The van der Waals surface area contributed by atoms with Gasteiger partial charge in [0.25, 0.3) is 0 Å². The van der Waals surface area contributed by atoms with E-state index in [0.29, 0.717) is 6.42 Å². The van der Waals surface area contributed by atoms with E-state index < -0.39 is 0 Å². The van der Waals surface area contributed by atoms with Gasteiger partial charge in [-0.15, -0.1) is 0 Å². The van der Waals surface area contributed by atoms with Gasteiger partial charge in [-0.25, -0.2) is 0 Å². The van der Waals surface area contributed by atoms with Gasteiger partial charge in [0.05, 0.1) is 4.83 Å². The lowest BCUT2D eigenvalue weighted by molar-refractivity contribution is -0.117. The van der Waals surface area contributed by atoms with Gasteiger partial charge in [-0.2, -0.15) is 0 Å². The normalized spacial score (nSPS) is 12.4. The van der Waals surface area contributed by atoms with Crippen LogP contribution in [0.25, 0.3) is 0 Å². The van der Waals surface area contributed by atoms with E-state index in [2.05, 4.69) is 35.0 Å². The summed E-state index contributed by atoms with van der Waals surface area (Å²) >= 11 is 3.29. The van der Waals surface area contributed by atoms with Crippen LogP contribution in [0.2, 0.25) is 0 Å². The molecule has 1 aromatic carbocycles. The summed E-state index contributed by atoms with van der Waals surface area (Å²) in [7, 11) is 0. The van der Waals surface area contributed by atoms with Crippen LogP contribution in [0.3, 0.4) is 0 Å². The van der Waals surface area contributed by atoms with Crippen LogP contribution in [-0.2, 0) is 17.6 Å². The molecule has 0 bridgehead atoms. The maximum atomic E-state index is 10.9. The van der Waals surface area contributed by atoms with Gasteiger partial charge in [0, 0.05) is 0 Å². The van der Waals surface area contributed by atoms with Crippen LogP contribution < -0.4 is 5.73 Å². The highest BCUT2D eigenvalue weighted by molar-refractivity contribution is 9.10. The predicted octanol–water partition coefficient (Wildman–Crippen LogP) is 2.43. The van der Waals surface area contributed by atoms with Crippen molar-refractivity contribution in [3.63, 3.8) is 0 Å². The Morgan fingerprint density at radius 1 is 1.40 bits per heavy atom. The monoisotopic (exact) mass is 269 g/mol. The summed E-state index contributed by atoms with van der Waals surface area (Å²) in [6, 6.07) is 8.19. The Morgan fingerprint density at radius 3 is 2.53 bits per heavy atom. The van der Waals surface area contributed by atoms with Gasteiger partial charge in [0.2, 0.25) is 5.91 Å². The molecule has 1 rings (SSSR count). The molecule has 82 valence electrons. The van der Waals surface area contributed by atoms with Crippen LogP contribution >= 0.6 is 15.9 Å². The number of alkyl halides is 1. The molecular formula is C12H16BrNO. The second kappa shape index (κ2) is 5.91. The molecule has 0 aliphatic heterocycles. The van der Waals surface area contributed by atoms with Gasteiger partial charge < -0.3 is 5.73 Å². The van der Waals surface area contributed by atoms with Crippen molar-refractivity contribution in [3.8, 4) is 0 Å². The molecule has 1 unspecified atom stereocenters. The summed E-state index contributed by atoms with van der Waals surface area (Å²) in [6.45, 7) is 2.15. The molecule has 15 heavy (non-hydrogen) atoms. The SMILES string of the molecule is CCCc1ccccc1CC(Br)C(N)=O. The van der Waals surface area contributed by atoms with Gasteiger partial charge in [0.15, 0.2) is 0 Å². The first-order valence-corrected chi connectivity index (χ1v) is 6.07. The first kappa shape index (κ1) is 12.2. The maximum absolute atomic E-state index is 10.9. The number of nitrogens with two attached hydrogens (primary N) is 1. The van der Waals surface area contributed by atoms with Gasteiger partial charge in [0.1, 0.15) is 0 Å². The van der Waals surface area contributed by atoms with E-state index in [-0.39, 0.29) is 10.7 Å². The summed E-state index contributed by atoms with van der Waals surface area (Å²) in [6.07, 6.45) is 2.83. The summed E-state index contributed by atoms with van der Waals surface area (Å²) in [5.74, 6) is -0.304. The minimum absolute atomic E-state index is 0.268. The molecule has 1 aromatic rings. The average Bonchev–Trinajstić information content (AvgIpc) is 2.21. The van der Waals surface area contributed by atoms with Crippen molar-refractivity contribution in [1.29, 1.82) is 0 Å². The highest BCUT2D eigenvalue weighted by Gasteiger charge is 2.13. The van der Waals surface area contributed by atoms with Crippen LogP contribution in [0.5, 0.6) is 0 Å². The number of rotatable bonds is 5. The fourth-order valence-electron chi connectivity index (χ4n) is 1.56. The summed E-state index contributed by atoms with van der Waals surface area (Å²) in [5.41, 5.74) is 7.74. The number of aryl methyl sites for hydroxylation is 1. The number of carbonyl (C=O) groups excluding carboxylic acids is 1. The molecule has 2 nitrogen and oxygen atoms in total. The van der Waals surface area contributed by atoms with E-state index in [0.717, 1.165) is 12.8 Å². The number of amides is 1. The molecule has 0 saturated heterocycles. The lowest BCUT2D eigenvalue weighted by atomic mass is 9.99. The lowest BCUT2D eigenvalue weighted by Gasteiger charge is -2.10. The second-order valence-electron chi connectivity index (χ2n) is 3.59. The smallest absolute Gasteiger partial charge is 0.231 e.